The second-order valence-electron chi connectivity index (χ2n) is 6.64. The van der Waals surface area contributed by atoms with Crippen LogP contribution in [0.15, 0.2) is 35.2 Å². The fourth-order valence-electron chi connectivity index (χ4n) is 4.17. The monoisotopic (exact) mass is 336 g/mol. The van der Waals surface area contributed by atoms with Gasteiger partial charge >= 0.3 is 5.97 Å². The van der Waals surface area contributed by atoms with E-state index in [9.17, 15) is 13.2 Å². The number of hydrogen-bond donors (Lipinski definition) is 0. The summed E-state index contributed by atoms with van der Waals surface area (Å²) in [6, 6.07) is 8.34. The lowest BCUT2D eigenvalue weighted by Gasteiger charge is -2.25. The molecule has 1 saturated heterocycles. The van der Waals surface area contributed by atoms with E-state index in [0.29, 0.717) is 6.42 Å². The molecule has 2 aliphatic rings. The van der Waals surface area contributed by atoms with Crippen LogP contribution in [0.4, 0.5) is 0 Å². The molecule has 1 aliphatic heterocycles. The Morgan fingerprint density at radius 1 is 1.22 bits per heavy atom. The number of esters is 1. The Hall–Kier alpha value is -1.36. The Balaban J connectivity index is 1.95. The van der Waals surface area contributed by atoms with E-state index in [2.05, 4.69) is 6.92 Å². The molecule has 0 aromatic heterocycles. The summed E-state index contributed by atoms with van der Waals surface area (Å²) < 4.78 is 30.7. The molecule has 3 atom stereocenters. The van der Waals surface area contributed by atoms with Gasteiger partial charge in [-0.1, -0.05) is 44.4 Å². The second-order valence-corrected chi connectivity index (χ2v) is 8.85. The summed E-state index contributed by atoms with van der Waals surface area (Å²) in [5.74, 6) is -0.720. The van der Waals surface area contributed by atoms with Crippen molar-refractivity contribution in [1.29, 1.82) is 0 Å². The zero-order valence-corrected chi connectivity index (χ0v) is 14.3. The van der Waals surface area contributed by atoms with Gasteiger partial charge in [-0.3, -0.25) is 4.79 Å². The molecule has 0 unspecified atom stereocenters. The van der Waals surface area contributed by atoms with Crippen LogP contribution in [0, 0.1) is 5.92 Å². The number of ether oxygens (including phenoxy) is 1. The summed E-state index contributed by atoms with van der Waals surface area (Å²) in [6.45, 7) is 2.13. The van der Waals surface area contributed by atoms with Gasteiger partial charge in [-0.2, -0.15) is 0 Å². The normalized spacial score (nSPS) is 30.2. The summed E-state index contributed by atoms with van der Waals surface area (Å²) in [7, 11) is -3.72. The molecule has 0 bridgehead atoms. The molecular formula is C18H24O4S. The summed E-state index contributed by atoms with van der Waals surface area (Å²) in [5.41, 5.74) is 0. The Bertz CT molecular complexity index is 668. The summed E-state index contributed by atoms with van der Waals surface area (Å²) in [4.78, 5) is 12.9. The molecule has 1 aliphatic carbocycles. The minimum Gasteiger partial charge on any atom is -0.461 e. The molecule has 3 rings (SSSR count). The predicted molar refractivity (Wildman–Crippen MR) is 87.7 cm³/mol. The average molecular weight is 336 g/mol. The smallest absolute Gasteiger partial charge is 0.328 e. The van der Waals surface area contributed by atoms with Gasteiger partial charge in [0, 0.05) is 5.92 Å². The van der Waals surface area contributed by atoms with Crippen LogP contribution in [-0.4, -0.2) is 25.2 Å². The van der Waals surface area contributed by atoms with Crippen molar-refractivity contribution < 1.29 is 17.9 Å². The lowest BCUT2D eigenvalue weighted by atomic mass is 9.90. The Labute approximate surface area is 138 Å². The van der Waals surface area contributed by atoms with E-state index >= 15 is 0 Å². The maximum atomic E-state index is 13.2. The Morgan fingerprint density at radius 2 is 1.96 bits per heavy atom. The molecule has 0 radical (unpaired) electrons. The fourth-order valence-corrected chi connectivity index (χ4v) is 6.46. The minimum atomic E-state index is -3.72. The van der Waals surface area contributed by atoms with Crippen LogP contribution in [0.1, 0.15) is 51.9 Å². The molecule has 1 saturated carbocycles. The van der Waals surface area contributed by atoms with E-state index in [1.807, 2.05) is 0 Å². The number of rotatable bonds is 6. The van der Waals surface area contributed by atoms with Gasteiger partial charge in [0.05, 0.1) is 4.90 Å². The van der Waals surface area contributed by atoms with E-state index in [4.69, 9.17) is 4.74 Å². The van der Waals surface area contributed by atoms with Crippen molar-refractivity contribution in [2.24, 2.45) is 5.92 Å². The number of hydrogen-bond acceptors (Lipinski definition) is 4. The SMILES string of the molecule is CCCCC[C@@H]1OC(=O)[C@@]2(S(=O)(=O)c3ccccc3)CCC[C@@H]12. The summed E-state index contributed by atoms with van der Waals surface area (Å²) in [5, 5.41) is 0. The first kappa shape index (κ1) is 16.5. The highest BCUT2D eigenvalue weighted by Gasteiger charge is 2.67. The largest absolute Gasteiger partial charge is 0.461 e. The molecule has 126 valence electrons. The lowest BCUT2D eigenvalue weighted by molar-refractivity contribution is -0.143. The number of sulfone groups is 1. The maximum absolute atomic E-state index is 13.2. The number of unbranched alkanes of at least 4 members (excludes halogenated alkanes) is 2. The Kier molecular flexibility index (Phi) is 4.50. The van der Waals surface area contributed by atoms with Crippen molar-refractivity contribution >= 4 is 15.8 Å². The molecule has 1 aromatic rings. The van der Waals surface area contributed by atoms with Crippen molar-refractivity contribution in [3.63, 3.8) is 0 Å². The number of benzene rings is 1. The highest BCUT2D eigenvalue weighted by Crippen LogP contribution is 2.52. The van der Waals surface area contributed by atoms with Crippen LogP contribution in [0.3, 0.4) is 0 Å². The minimum absolute atomic E-state index is 0.197. The molecule has 2 fully saturated rings. The van der Waals surface area contributed by atoms with Gasteiger partial charge < -0.3 is 4.74 Å². The molecule has 0 amide bonds. The van der Waals surface area contributed by atoms with E-state index in [-0.39, 0.29) is 16.9 Å². The first-order chi connectivity index (χ1) is 11.0. The van der Waals surface area contributed by atoms with Gasteiger partial charge in [-0.25, -0.2) is 8.42 Å². The van der Waals surface area contributed by atoms with E-state index in [1.54, 1.807) is 30.3 Å². The van der Waals surface area contributed by atoms with E-state index in [1.165, 1.54) is 0 Å². The van der Waals surface area contributed by atoms with Crippen LogP contribution in [0.2, 0.25) is 0 Å². The summed E-state index contributed by atoms with van der Waals surface area (Å²) >= 11 is 0. The Morgan fingerprint density at radius 3 is 2.65 bits per heavy atom. The number of carbonyl (C=O) groups is 1. The molecule has 23 heavy (non-hydrogen) atoms. The van der Waals surface area contributed by atoms with Crippen molar-refractivity contribution in [3.05, 3.63) is 30.3 Å². The van der Waals surface area contributed by atoms with E-state index < -0.39 is 20.6 Å². The van der Waals surface area contributed by atoms with Gasteiger partial charge in [0.25, 0.3) is 0 Å². The third-order valence-electron chi connectivity index (χ3n) is 5.34. The molecule has 0 spiro atoms. The molecule has 4 nitrogen and oxygen atoms in total. The highest BCUT2D eigenvalue weighted by atomic mass is 32.2. The van der Waals surface area contributed by atoms with Crippen molar-refractivity contribution in [2.45, 2.75) is 67.6 Å². The lowest BCUT2D eigenvalue weighted by Crippen LogP contribution is -2.46. The quantitative estimate of drug-likeness (QED) is 0.589. The van der Waals surface area contributed by atoms with Crippen LogP contribution < -0.4 is 0 Å². The van der Waals surface area contributed by atoms with Gasteiger partial charge in [0.15, 0.2) is 14.6 Å². The zero-order valence-electron chi connectivity index (χ0n) is 13.5. The number of fused-ring (bicyclic) bond motifs is 1. The topological polar surface area (TPSA) is 60.4 Å². The van der Waals surface area contributed by atoms with Crippen molar-refractivity contribution in [2.75, 3.05) is 0 Å². The third kappa shape index (κ3) is 2.49. The fraction of sp³-hybridized carbons (Fsp3) is 0.611. The zero-order chi connectivity index (χ0) is 16.5. The number of cyclic esters (lactones) is 1. The molecule has 1 heterocycles. The van der Waals surface area contributed by atoms with Crippen molar-refractivity contribution in [3.8, 4) is 0 Å². The van der Waals surface area contributed by atoms with Gasteiger partial charge in [0.1, 0.15) is 6.10 Å². The molecule has 0 N–H and O–H groups in total. The maximum Gasteiger partial charge on any atom is 0.328 e. The molecule has 5 heteroatoms. The standard InChI is InChI=1S/C18H24O4S/c1-2-3-5-12-16-15-11-8-13-18(15,17(19)22-16)23(20,21)14-9-6-4-7-10-14/h4,6-7,9-10,15-16H,2-3,5,8,11-13H2,1H3/t15-,16-,18+/m0/s1. The van der Waals surface area contributed by atoms with E-state index in [0.717, 1.165) is 38.5 Å². The van der Waals surface area contributed by atoms with Gasteiger partial charge in [-0.05, 0) is 37.8 Å². The number of carbonyl (C=O) groups excluding carboxylic acids is 1. The predicted octanol–water partition coefficient (Wildman–Crippen LogP) is 3.50. The van der Waals surface area contributed by atoms with Gasteiger partial charge in [0.2, 0.25) is 0 Å². The average Bonchev–Trinajstić information content (AvgIpc) is 3.10. The third-order valence-corrected chi connectivity index (χ3v) is 7.87. The van der Waals surface area contributed by atoms with Crippen LogP contribution in [-0.2, 0) is 19.4 Å². The van der Waals surface area contributed by atoms with Crippen molar-refractivity contribution in [1.82, 2.24) is 0 Å². The van der Waals surface area contributed by atoms with Gasteiger partial charge in [-0.15, -0.1) is 0 Å². The summed E-state index contributed by atoms with van der Waals surface area (Å²) in [6.07, 6.45) is 5.61. The van der Waals surface area contributed by atoms with Crippen LogP contribution in [0.25, 0.3) is 0 Å². The molecular weight excluding hydrogens is 312 g/mol. The first-order valence-electron chi connectivity index (χ1n) is 8.55. The first-order valence-corrected chi connectivity index (χ1v) is 10.0. The highest BCUT2D eigenvalue weighted by molar-refractivity contribution is 7.93. The molecule has 1 aromatic carbocycles. The van der Waals surface area contributed by atoms with Crippen LogP contribution >= 0.6 is 0 Å². The van der Waals surface area contributed by atoms with Crippen LogP contribution in [0.5, 0.6) is 0 Å². The second kappa shape index (κ2) is 6.27.